The number of Topliss-reactive ketones (excluding diaryl/α,β-unsaturated/α-hetero) is 1. The fourth-order valence-electron chi connectivity index (χ4n) is 4.42. The summed E-state index contributed by atoms with van der Waals surface area (Å²) >= 11 is 12.4. The molecule has 2 aromatic rings. The number of unbranched alkanes of at least 4 members (excludes halogenated alkanes) is 1. The molecule has 4 rings (SSSR count). The number of anilines is 1. The van der Waals surface area contributed by atoms with Crippen LogP contribution < -0.4 is 14.4 Å². The number of hydrogen-bond donors (Lipinski definition) is 0. The molecule has 2 aliphatic rings. The van der Waals surface area contributed by atoms with Gasteiger partial charge in [-0.2, -0.15) is 0 Å². The lowest BCUT2D eigenvalue weighted by atomic mass is 9.92. The largest absolute Gasteiger partial charge is 0.478 e. The van der Waals surface area contributed by atoms with Crippen molar-refractivity contribution in [1.82, 2.24) is 0 Å². The van der Waals surface area contributed by atoms with Gasteiger partial charge in [0.15, 0.2) is 22.7 Å². The summed E-state index contributed by atoms with van der Waals surface area (Å²) in [6.45, 7) is 7.91. The minimum atomic E-state index is -1.02. The SMILES string of the molecule is COC(=O)c1cc(Cl)c2c(c1)CC(=O)C(C)(C)O2.COCCCCN1C(=O)C(C)(C)Oc2c(Cl)cc(C(=O)OC)cc21. The molecular formula is C30H35Cl2NO9. The quantitative estimate of drug-likeness (QED) is 0.292. The molecule has 2 aliphatic heterocycles. The Bertz CT molecular complexity index is 1390. The second kappa shape index (κ2) is 13.3. The molecule has 42 heavy (non-hydrogen) atoms. The summed E-state index contributed by atoms with van der Waals surface area (Å²) in [7, 11) is 4.23. The lowest BCUT2D eigenvalue weighted by Crippen LogP contribution is -2.53. The van der Waals surface area contributed by atoms with Gasteiger partial charge in [0.05, 0.1) is 41.1 Å². The summed E-state index contributed by atoms with van der Waals surface area (Å²) in [4.78, 5) is 49.5. The predicted octanol–water partition coefficient (Wildman–Crippen LogP) is 5.47. The topological polar surface area (TPSA) is 118 Å². The number of methoxy groups -OCH3 is 3. The molecule has 0 saturated heterocycles. The normalized spacial score (nSPS) is 16.2. The fraction of sp³-hybridized carbons (Fsp3) is 0.467. The lowest BCUT2D eigenvalue weighted by molar-refractivity contribution is -0.133. The van der Waals surface area contributed by atoms with Gasteiger partial charge in [0, 0.05) is 32.2 Å². The van der Waals surface area contributed by atoms with Crippen LogP contribution in [-0.2, 0) is 30.2 Å². The minimum absolute atomic E-state index is 0.0481. The highest BCUT2D eigenvalue weighted by Gasteiger charge is 2.42. The van der Waals surface area contributed by atoms with Gasteiger partial charge in [-0.05, 0) is 64.8 Å². The van der Waals surface area contributed by atoms with Crippen LogP contribution in [0.3, 0.4) is 0 Å². The van der Waals surface area contributed by atoms with Crippen LogP contribution in [0.2, 0.25) is 10.0 Å². The van der Waals surface area contributed by atoms with E-state index in [2.05, 4.69) is 4.74 Å². The zero-order chi connectivity index (χ0) is 31.4. The zero-order valence-electron chi connectivity index (χ0n) is 24.7. The van der Waals surface area contributed by atoms with Crippen molar-refractivity contribution in [2.45, 2.75) is 58.2 Å². The molecule has 228 valence electrons. The Morgan fingerprint density at radius 1 is 0.833 bits per heavy atom. The van der Waals surface area contributed by atoms with Gasteiger partial charge in [0.1, 0.15) is 5.75 Å². The molecule has 0 unspecified atom stereocenters. The molecule has 1 amide bonds. The first-order valence-corrected chi connectivity index (χ1v) is 14.0. The summed E-state index contributed by atoms with van der Waals surface area (Å²) in [5.74, 6) is -0.360. The highest BCUT2D eigenvalue weighted by atomic mass is 35.5. The van der Waals surface area contributed by atoms with Gasteiger partial charge >= 0.3 is 11.9 Å². The second-order valence-electron chi connectivity index (χ2n) is 10.7. The van der Waals surface area contributed by atoms with E-state index in [0.29, 0.717) is 46.5 Å². The number of ether oxygens (including phenoxy) is 5. The number of carbonyl (C=O) groups excluding carboxylic acids is 4. The molecular weight excluding hydrogens is 589 g/mol. The highest BCUT2D eigenvalue weighted by molar-refractivity contribution is 6.33. The average Bonchev–Trinajstić information content (AvgIpc) is 2.93. The summed E-state index contributed by atoms with van der Waals surface area (Å²) in [6.07, 6.45) is 1.78. The number of ketones is 1. The molecule has 10 nitrogen and oxygen atoms in total. The van der Waals surface area contributed by atoms with Gasteiger partial charge in [-0.15, -0.1) is 0 Å². The van der Waals surface area contributed by atoms with Crippen molar-refractivity contribution in [1.29, 1.82) is 0 Å². The number of amides is 1. The van der Waals surface area contributed by atoms with E-state index in [9.17, 15) is 19.2 Å². The number of nitrogens with zero attached hydrogens (tertiary/aromatic N) is 1. The van der Waals surface area contributed by atoms with Gasteiger partial charge in [0.25, 0.3) is 5.91 Å². The van der Waals surface area contributed by atoms with Crippen molar-refractivity contribution in [3.8, 4) is 11.5 Å². The van der Waals surface area contributed by atoms with E-state index < -0.39 is 23.1 Å². The monoisotopic (exact) mass is 623 g/mol. The number of benzene rings is 2. The highest BCUT2D eigenvalue weighted by Crippen LogP contribution is 2.44. The molecule has 0 radical (unpaired) electrons. The van der Waals surface area contributed by atoms with E-state index in [-0.39, 0.29) is 28.7 Å². The third-order valence-corrected chi connectivity index (χ3v) is 7.32. The van der Waals surface area contributed by atoms with Gasteiger partial charge in [-0.1, -0.05) is 23.2 Å². The van der Waals surface area contributed by atoms with Gasteiger partial charge < -0.3 is 28.6 Å². The van der Waals surface area contributed by atoms with Gasteiger partial charge in [-0.3, -0.25) is 9.59 Å². The van der Waals surface area contributed by atoms with Crippen molar-refractivity contribution >= 4 is 52.5 Å². The number of rotatable bonds is 7. The molecule has 0 fully saturated rings. The Balaban J connectivity index is 0.000000240. The van der Waals surface area contributed by atoms with E-state index in [1.165, 1.54) is 26.4 Å². The smallest absolute Gasteiger partial charge is 0.337 e. The lowest BCUT2D eigenvalue weighted by Gasteiger charge is -2.39. The van der Waals surface area contributed by atoms with Gasteiger partial charge in [0.2, 0.25) is 0 Å². The van der Waals surface area contributed by atoms with E-state index in [1.54, 1.807) is 51.8 Å². The Morgan fingerprint density at radius 2 is 1.38 bits per heavy atom. The van der Waals surface area contributed by atoms with Crippen molar-refractivity contribution < 1.29 is 42.9 Å². The number of fused-ring (bicyclic) bond motifs is 2. The third kappa shape index (κ3) is 7.17. The molecule has 0 aromatic heterocycles. The van der Waals surface area contributed by atoms with E-state index >= 15 is 0 Å². The van der Waals surface area contributed by atoms with Crippen molar-refractivity contribution in [2.75, 3.05) is 39.4 Å². The summed E-state index contributed by atoms with van der Waals surface area (Å²) in [6, 6.07) is 6.13. The first-order chi connectivity index (χ1) is 19.7. The Morgan fingerprint density at radius 3 is 1.95 bits per heavy atom. The van der Waals surface area contributed by atoms with Crippen LogP contribution in [0.15, 0.2) is 24.3 Å². The second-order valence-corrected chi connectivity index (χ2v) is 11.5. The standard InChI is InChI=1S/C17H22ClNO5.C13H13ClO4/c1-17(2)16(21)19(7-5-6-8-22-3)13-10-11(15(20)23-4)9-12(18)14(13)24-17;1-13(2)10(15)6-7-4-8(12(16)17-3)5-9(14)11(7)18-13/h9-10H,5-8H2,1-4H3;4-5H,6H2,1-3H3. The Labute approximate surface area is 255 Å². The molecule has 0 N–H and O–H groups in total. The maximum atomic E-state index is 12.7. The fourth-order valence-corrected chi connectivity index (χ4v) is 4.95. The van der Waals surface area contributed by atoms with Crippen LogP contribution in [-0.4, -0.2) is 69.3 Å². The van der Waals surface area contributed by atoms with Crippen molar-refractivity contribution in [3.05, 3.63) is 51.0 Å². The Hall–Kier alpha value is -3.34. The van der Waals surface area contributed by atoms with Crippen LogP contribution in [0.25, 0.3) is 0 Å². The molecule has 0 aliphatic carbocycles. The number of hydrogen-bond acceptors (Lipinski definition) is 9. The zero-order valence-corrected chi connectivity index (χ0v) is 26.2. The number of carbonyl (C=O) groups is 4. The summed E-state index contributed by atoms with van der Waals surface area (Å²) in [5, 5.41) is 0.587. The first-order valence-electron chi connectivity index (χ1n) is 13.2. The maximum Gasteiger partial charge on any atom is 0.337 e. The molecule has 2 aromatic carbocycles. The Kier molecular flexibility index (Phi) is 10.5. The van der Waals surface area contributed by atoms with Crippen LogP contribution in [0.5, 0.6) is 11.5 Å². The van der Waals surface area contributed by atoms with E-state index in [1.807, 2.05) is 0 Å². The van der Waals surface area contributed by atoms with Crippen molar-refractivity contribution in [3.63, 3.8) is 0 Å². The molecule has 2 heterocycles. The van der Waals surface area contributed by atoms with Crippen LogP contribution in [0.4, 0.5) is 5.69 Å². The van der Waals surface area contributed by atoms with Crippen LogP contribution in [0.1, 0.15) is 66.8 Å². The van der Waals surface area contributed by atoms with Gasteiger partial charge in [-0.25, -0.2) is 9.59 Å². The van der Waals surface area contributed by atoms with E-state index in [0.717, 1.165) is 12.8 Å². The number of halogens is 2. The minimum Gasteiger partial charge on any atom is -0.478 e. The van der Waals surface area contributed by atoms with Crippen LogP contribution in [0, 0.1) is 0 Å². The maximum absolute atomic E-state index is 12.7. The van der Waals surface area contributed by atoms with E-state index in [4.69, 9.17) is 42.1 Å². The molecule has 0 atom stereocenters. The summed E-state index contributed by atoms with van der Waals surface area (Å²) < 4.78 is 25.8. The predicted molar refractivity (Wildman–Crippen MR) is 157 cm³/mol. The third-order valence-electron chi connectivity index (χ3n) is 6.75. The molecule has 0 spiro atoms. The molecule has 0 bridgehead atoms. The number of esters is 2. The molecule has 12 heteroatoms. The molecule has 0 saturated carbocycles. The average molecular weight is 625 g/mol. The first kappa shape index (κ1) is 33.2. The van der Waals surface area contributed by atoms with Crippen LogP contribution >= 0.6 is 23.2 Å². The summed E-state index contributed by atoms with van der Waals surface area (Å²) in [5.41, 5.74) is -0.206. The van der Waals surface area contributed by atoms with Crippen molar-refractivity contribution in [2.24, 2.45) is 0 Å².